The van der Waals surface area contributed by atoms with Crippen molar-refractivity contribution in [2.45, 2.75) is 45.6 Å². The molecule has 124 valence electrons. The monoisotopic (exact) mass is 434 g/mol. The first-order valence-electron chi connectivity index (χ1n) is 8.19. The highest BCUT2D eigenvalue weighted by Crippen LogP contribution is 2.35. The summed E-state index contributed by atoms with van der Waals surface area (Å²) >= 11 is 1.80. The molecule has 1 saturated carbocycles. The molecule has 0 amide bonds. The van der Waals surface area contributed by atoms with Crippen LogP contribution < -0.4 is 5.32 Å². The van der Waals surface area contributed by atoms with Gasteiger partial charge in [-0.1, -0.05) is 19.8 Å². The lowest BCUT2D eigenvalue weighted by Gasteiger charge is -2.22. The normalized spacial score (nSPS) is 24.8. The van der Waals surface area contributed by atoms with Gasteiger partial charge in [-0.25, -0.2) is 4.98 Å². The van der Waals surface area contributed by atoms with Crippen LogP contribution in [0.25, 0.3) is 0 Å². The zero-order chi connectivity index (χ0) is 14.7. The molecule has 4 nitrogen and oxygen atoms in total. The SMILES string of the molecule is CCc1cnc(CNC(=NC)N2CC3CCCCC3C2)s1.I. The number of fused-ring (bicyclic) bond motifs is 1. The van der Waals surface area contributed by atoms with E-state index in [0.29, 0.717) is 0 Å². The first kappa shape index (κ1) is 18.0. The van der Waals surface area contributed by atoms with E-state index in [1.807, 2.05) is 13.2 Å². The molecule has 1 aliphatic heterocycles. The number of halogens is 1. The van der Waals surface area contributed by atoms with Gasteiger partial charge in [-0.05, 0) is 31.1 Å². The Kier molecular flexibility index (Phi) is 6.92. The quantitative estimate of drug-likeness (QED) is 0.450. The van der Waals surface area contributed by atoms with Crippen LogP contribution in [-0.2, 0) is 13.0 Å². The van der Waals surface area contributed by atoms with Gasteiger partial charge in [-0.2, -0.15) is 0 Å². The smallest absolute Gasteiger partial charge is 0.194 e. The molecule has 0 aromatic carbocycles. The van der Waals surface area contributed by atoms with E-state index in [0.717, 1.165) is 35.8 Å². The predicted octanol–water partition coefficient (Wildman–Crippen LogP) is 3.52. The minimum atomic E-state index is 0. The van der Waals surface area contributed by atoms with E-state index in [1.54, 1.807) is 11.3 Å². The third kappa shape index (κ3) is 4.13. The maximum atomic E-state index is 4.48. The molecule has 1 saturated heterocycles. The van der Waals surface area contributed by atoms with Crippen molar-refractivity contribution >= 4 is 41.3 Å². The van der Waals surface area contributed by atoms with E-state index >= 15 is 0 Å². The summed E-state index contributed by atoms with van der Waals surface area (Å²) in [6.45, 7) is 5.34. The lowest BCUT2D eigenvalue weighted by atomic mass is 9.82. The van der Waals surface area contributed by atoms with Crippen LogP contribution in [0.4, 0.5) is 0 Å². The number of nitrogens with zero attached hydrogens (tertiary/aromatic N) is 3. The van der Waals surface area contributed by atoms with Crippen molar-refractivity contribution < 1.29 is 0 Å². The van der Waals surface area contributed by atoms with Gasteiger partial charge in [0.25, 0.3) is 0 Å². The van der Waals surface area contributed by atoms with Crippen LogP contribution in [0.5, 0.6) is 0 Å². The Morgan fingerprint density at radius 2 is 2.05 bits per heavy atom. The minimum Gasteiger partial charge on any atom is -0.350 e. The number of hydrogen-bond donors (Lipinski definition) is 1. The van der Waals surface area contributed by atoms with Crippen molar-refractivity contribution in [3.8, 4) is 0 Å². The lowest BCUT2D eigenvalue weighted by molar-refractivity contribution is 0.299. The summed E-state index contributed by atoms with van der Waals surface area (Å²) in [6, 6.07) is 0. The molecule has 1 aromatic heterocycles. The second kappa shape index (κ2) is 8.47. The summed E-state index contributed by atoms with van der Waals surface area (Å²) in [4.78, 5) is 12.8. The van der Waals surface area contributed by atoms with Crippen molar-refractivity contribution in [1.29, 1.82) is 0 Å². The number of aryl methyl sites for hydroxylation is 1. The highest BCUT2D eigenvalue weighted by molar-refractivity contribution is 14.0. The molecule has 2 fully saturated rings. The van der Waals surface area contributed by atoms with E-state index in [2.05, 4.69) is 27.1 Å². The Morgan fingerprint density at radius 3 is 2.59 bits per heavy atom. The van der Waals surface area contributed by atoms with Gasteiger partial charge >= 0.3 is 0 Å². The number of rotatable bonds is 3. The maximum Gasteiger partial charge on any atom is 0.194 e. The van der Waals surface area contributed by atoms with Gasteiger partial charge in [0.2, 0.25) is 0 Å². The van der Waals surface area contributed by atoms with E-state index in [1.165, 1.54) is 43.6 Å². The fourth-order valence-electron chi connectivity index (χ4n) is 3.66. The van der Waals surface area contributed by atoms with Crippen molar-refractivity contribution in [2.24, 2.45) is 16.8 Å². The molecule has 1 aromatic rings. The van der Waals surface area contributed by atoms with Gasteiger partial charge in [0, 0.05) is 31.2 Å². The second-order valence-corrected chi connectivity index (χ2v) is 7.38. The van der Waals surface area contributed by atoms with Crippen molar-refractivity contribution in [2.75, 3.05) is 20.1 Å². The van der Waals surface area contributed by atoms with Gasteiger partial charge in [-0.15, -0.1) is 35.3 Å². The summed E-state index contributed by atoms with van der Waals surface area (Å²) in [6.07, 6.45) is 8.71. The molecule has 3 rings (SSSR count). The second-order valence-electron chi connectivity index (χ2n) is 6.18. The van der Waals surface area contributed by atoms with Gasteiger partial charge in [-0.3, -0.25) is 4.99 Å². The van der Waals surface area contributed by atoms with Gasteiger partial charge in [0.05, 0.1) is 6.54 Å². The fraction of sp³-hybridized carbons (Fsp3) is 0.750. The Labute approximate surface area is 154 Å². The maximum absolute atomic E-state index is 4.48. The lowest BCUT2D eigenvalue weighted by Crippen LogP contribution is -2.39. The first-order chi connectivity index (χ1) is 10.3. The Morgan fingerprint density at radius 1 is 1.36 bits per heavy atom. The third-order valence-corrected chi connectivity index (χ3v) is 5.98. The van der Waals surface area contributed by atoms with E-state index < -0.39 is 0 Å². The summed E-state index contributed by atoms with van der Waals surface area (Å²) in [5, 5.41) is 4.66. The molecule has 2 atom stereocenters. The number of aromatic nitrogens is 1. The van der Waals surface area contributed by atoms with Crippen molar-refractivity contribution in [3.05, 3.63) is 16.1 Å². The average molecular weight is 434 g/mol. The molecule has 2 aliphatic rings. The zero-order valence-corrected chi connectivity index (χ0v) is 16.7. The Bertz CT molecular complexity index is 488. The number of hydrogen-bond acceptors (Lipinski definition) is 3. The van der Waals surface area contributed by atoms with Crippen LogP contribution in [0.3, 0.4) is 0 Å². The van der Waals surface area contributed by atoms with Crippen LogP contribution in [-0.4, -0.2) is 36.0 Å². The third-order valence-electron chi connectivity index (χ3n) is 4.84. The first-order valence-corrected chi connectivity index (χ1v) is 9.01. The van der Waals surface area contributed by atoms with Crippen LogP contribution in [0.15, 0.2) is 11.2 Å². The highest BCUT2D eigenvalue weighted by Gasteiger charge is 2.35. The molecule has 6 heteroatoms. The zero-order valence-electron chi connectivity index (χ0n) is 13.5. The summed E-state index contributed by atoms with van der Waals surface area (Å²) in [5.41, 5.74) is 0. The number of thiazole rings is 1. The van der Waals surface area contributed by atoms with Crippen LogP contribution in [0.2, 0.25) is 0 Å². The summed E-state index contributed by atoms with van der Waals surface area (Å²) < 4.78 is 0. The summed E-state index contributed by atoms with van der Waals surface area (Å²) in [5.74, 6) is 2.84. The van der Waals surface area contributed by atoms with Crippen LogP contribution >= 0.6 is 35.3 Å². The topological polar surface area (TPSA) is 40.5 Å². The number of nitrogens with one attached hydrogen (secondary N) is 1. The molecule has 2 unspecified atom stereocenters. The predicted molar refractivity (Wildman–Crippen MR) is 104 cm³/mol. The largest absolute Gasteiger partial charge is 0.350 e. The fourth-order valence-corrected chi connectivity index (χ4v) is 4.46. The highest BCUT2D eigenvalue weighted by atomic mass is 127. The Balaban J connectivity index is 0.00000176. The van der Waals surface area contributed by atoms with Crippen LogP contribution in [0, 0.1) is 11.8 Å². The van der Waals surface area contributed by atoms with Crippen molar-refractivity contribution in [1.82, 2.24) is 15.2 Å². The molecule has 2 heterocycles. The van der Waals surface area contributed by atoms with E-state index in [-0.39, 0.29) is 24.0 Å². The summed E-state index contributed by atoms with van der Waals surface area (Å²) in [7, 11) is 1.89. The van der Waals surface area contributed by atoms with Gasteiger partial charge in [0.1, 0.15) is 5.01 Å². The standard InChI is InChI=1S/C16H26N4S.HI/c1-3-14-8-18-15(21-14)9-19-16(17-2)20-10-12-6-4-5-7-13(12)11-20;/h8,12-13H,3-7,9-11H2,1-2H3,(H,17,19);1H. The van der Waals surface area contributed by atoms with Crippen LogP contribution in [0.1, 0.15) is 42.5 Å². The molecular formula is C16H27IN4S. The number of likely N-dealkylation sites (tertiary alicyclic amines) is 1. The molecule has 1 N–H and O–H groups in total. The molecule has 0 radical (unpaired) electrons. The average Bonchev–Trinajstić information content (AvgIpc) is 3.14. The van der Waals surface area contributed by atoms with Gasteiger partial charge in [0.15, 0.2) is 5.96 Å². The molecule has 0 bridgehead atoms. The van der Waals surface area contributed by atoms with Crippen molar-refractivity contribution in [3.63, 3.8) is 0 Å². The van der Waals surface area contributed by atoms with Gasteiger partial charge < -0.3 is 10.2 Å². The number of aliphatic imine (C=N–C) groups is 1. The molecule has 1 aliphatic carbocycles. The number of guanidine groups is 1. The molecule has 0 spiro atoms. The minimum absolute atomic E-state index is 0. The Hall–Kier alpha value is -0.370. The van der Waals surface area contributed by atoms with E-state index in [9.17, 15) is 0 Å². The van der Waals surface area contributed by atoms with E-state index in [4.69, 9.17) is 0 Å². The molecular weight excluding hydrogens is 407 g/mol. The molecule has 22 heavy (non-hydrogen) atoms.